The molecule has 0 aliphatic carbocycles. The Morgan fingerprint density at radius 3 is 2.75 bits per heavy atom. The van der Waals surface area contributed by atoms with Crippen LogP contribution in [-0.4, -0.2) is 33.8 Å². The van der Waals surface area contributed by atoms with E-state index in [4.69, 9.17) is 14.5 Å². The van der Waals surface area contributed by atoms with Gasteiger partial charge in [-0.15, -0.1) is 0 Å². The van der Waals surface area contributed by atoms with Gasteiger partial charge in [0.05, 0.1) is 28.5 Å². The van der Waals surface area contributed by atoms with E-state index in [2.05, 4.69) is 41.4 Å². The molecule has 4 aromatic rings. The number of nitrogens with zero attached hydrogens (tertiary/aromatic N) is 4. The highest BCUT2D eigenvalue weighted by Crippen LogP contribution is 2.34. The van der Waals surface area contributed by atoms with Crippen LogP contribution in [0.3, 0.4) is 0 Å². The third kappa shape index (κ3) is 4.02. The number of nitrogens with one attached hydrogen (secondary N) is 1. The minimum absolute atomic E-state index is 0.0542. The second-order valence-electron chi connectivity index (χ2n) is 8.50. The molecule has 4 heterocycles. The van der Waals surface area contributed by atoms with Crippen LogP contribution in [0.15, 0.2) is 40.8 Å². The van der Waals surface area contributed by atoms with Crippen LogP contribution in [0.25, 0.3) is 16.0 Å². The van der Waals surface area contributed by atoms with Crippen LogP contribution in [0, 0.1) is 26.7 Å². The monoisotopic (exact) mass is 449 g/mol. The molecule has 1 N–H and O–H groups in total. The lowest BCUT2D eigenvalue weighted by molar-refractivity contribution is -0.125. The van der Waals surface area contributed by atoms with E-state index in [9.17, 15) is 4.79 Å². The van der Waals surface area contributed by atoms with Crippen molar-refractivity contribution >= 4 is 32.7 Å². The number of amides is 1. The van der Waals surface area contributed by atoms with Crippen LogP contribution >= 0.6 is 11.3 Å². The third-order valence-corrected chi connectivity index (χ3v) is 7.17. The first kappa shape index (κ1) is 20.8. The van der Waals surface area contributed by atoms with Crippen molar-refractivity contribution in [2.45, 2.75) is 40.2 Å². The van der Waals surface area contributed by atoms with Crippen LogP contribution < -0.4 is 10.2 Å². The molecule has 0 saturated carbocycles. The second-order valence-corrected chi connectivity index (χ2v) is 9.47. The van der Waals surface area contributed by atoms with Crippen LogP contribution in [0.4, 0.5) is 5.13 Å². The number of anilines is 1. The summed E-state index contributed by atoms with van der Waals surface area (Å²) in [6, 6.07) is 12.1. The lowest BCUT2D eigenvalue weighted by Gasteiger charge is -2.31. The van der Waals surface area contributed by atoms with Gasteiger partial charge in [0.1, 0.15) is 11.5 Å². The van der Waals surface area contributed by atoms with E-state index in [1.165, 1.54) is 5.56 Å². The van der Waals surface area contributed by atoms with Gasteiger partial charge >= 0.3 is 0 Å². The van der Waals surface area contributed by atoms with Gasteiger partial charge in [-0.25, -0.2) is 4.68 Å². The number of carbonyl (C=O) groups excluding carboxylic acids is 1. The van der Waals surface area contributed by atoms with Crippen molar-refractivity contribution in [2.75, 3.05) is 18.0 Å². The van der Waals surface area contributed by atoms with E-state index in [-0.39, 0.29) is 11.8 Å². The summed E-state index contributed by atoms with van der Waals surface area (Å²) in [5.74, 6) is 1.66. The Labute approximate surface area is 191 Å². The Kier molecular flexibility index (Phi) is 5.46. The first-order chi connectivity index (χ1) is 15.5. The van der Waals surface area contributed by atoms with Gasteiger partial charge < -0.3 is 14.6 Å². The maximum absolute atomic E-state index is 12.8. The maximum Gasteiger partial charge on any atom is 0.225 e. The largest absolute Gasteiger partial charge is 0.465 e. The molecule has 1 aliphatic heterocycles. The number of hydrogen-bond acceptors (Lipinski definition) is 6. The Balaban J connectivity index is 1.33. The molecule has 7 nitrogen and oxygen atoms in total. The number of rotatable bonds is 5. The molecule has 8 heteroatoms. The van der Waals surface area contributed by atoms with Crippen molar-refractivity contribution in [1.82, 2.24) is 20.1 Å². The van der Waals surface area contributed by atoms with Gasteiger partial charge in [-0.1, -0.05) is 29.0 Å². The lowest BCUT2D eigenvalue weighted by atomic mass is 9.97. The standard InChI is InChI=1S/C24H27N5O2S/c1-15-6-9-19(10-7-15)29-22-21(17(3)27-29)32-24(26-22)28-12-4-5-18(14-28)23(30)25-13-20-11-8-16(2)31-20/h6-11,18H,4-5,12-14H2,1-3H3,(H,25,30)/t18-/m0/s1. The summed E-state index contributed by atoms with van der Waals surface area (Å²) >= 11 is 1.66. The number of piperidine rings is 1. The molecule has 5 rings (SSSR count). The lowest BCUT2D eigenvalue weighted by Crippen LogP contribution is -2.42. The van der Waals surface area contributed by atoms with Crippen molar-refractivity contribution in [3.8, 4) is 5.69 Å². The van der Waals surface area contributed by atoms with E-state index < -0.39 is 0 Å². The summed E-state index contributed by atoms with van der Waals surface area (Å²) in [5, 5.41) is 8.70. The quantitative estimate of drug-likeness (QED) is 0.484. The van der Waals surface area contributed by atoms with Crippen molar-refractivity contribution < 1.29 is 9.21 Å². The molecule has 1 aliphatic rings. The molecule has 1 atom stereocenters. The predicted octanol–water partition coefficient (Wildman–Crippen LogP) is 4.53. The Morgan fingerprint density at radius 1 is 1.19 bits per heavy atom. The van der Waals surface area contributed by atoms with Crippen molar-refractivity contribution in [1.29, 1.82) is 0 Å². The molecule has 0 unspecified atom stereocenters. The number of carbonyl (C=O) groups is 1. The molecule has 166 valence electrons. The fraction of sp³-hybridized carbons (Fsp3) is 0.375. The van der Waals surface area contributed by atoms with Gasteiger partial charge in [0, 0.05) is 13.1 Å². The first-order valence-corrected chi connectivity index (χ1v) is 11.8. The first-order valence-electron chi connectivity index (χ1n) is 11.0. The summed E-state index contributed by atoms with van der Waals surface area (Å²) in [4.78, 5) is 20.0. The number of benzene rings is 1. The normalized spacial score (nSPS) is 16.6. The van der Waals surface area contributed by atoms with Gasteiger partial charge in [0.15, 0.2) is 10.8 Å². The van der Waals surface area contributed by atoms with Crippen LogP contribution in [0.2, 0.25) is 0 Å². The average molecular weight is 450 g/mol. The molecule has 1 saturated heterocycles. The Hall–Kier alpha value is -3.13. The molecule has 0 radical (unpaired) electrons. The highest BCUT2D eigenvalue weighted by atomic mass is 32.1. The molecule has 3 aromatic heterocycles. The summed E-state index contributed by atoms with van der Waals surface area (Å²) in [6.45, 7) is 8.02. The predicted molar refractivity (Wildman–Crippen MR) is 126 cm³/mol. The van der Waals surface area contributed by atoms with E-state index in [1.54, 1.807) is 11.3 Å². The van der Waals surface area contributed by atoms with Crippen molar-refractivity contribution in [2.24, 2.45) is 5.92 Å². The number of fused-ring (bicyclic) bond motifs is 1. The van der Waals surface area contributed by atoms with E-state index in [0.29, 0.717) is 13.1 Å². The van der Waals surface area contributed by atoms with Gasteiger partial charge in [-0.05, 0) is 57.9 Å². The maximum atomic E-state index is 12.8. The fourth-order valence-corrected chi connectivity index (χ4v) is 5.21. The van der Waals surface area contributed by atoms with Gasteiger partial charge in [-0.3, -0.25) is 4.79 Å². The minimum Gasteiger partial charge on any atom is -0.465 e. The Bertz CT molecular complexity index is 1250. The highest BCUT2D eigenvalue weighted by molar-refractivity contribution is 7.22. The average Bonchev–Trinajstić information content (AvgIpc) is 3.49. The number of aromatic nitrogens is 3. The molecule has 0 spiro atoms. The molecule has 1 amide bonds. The zero-order chi connectivity index (χ0) is 22.2. The second kappa shape index (κ2) is 8.43. The molecule has 1 fully saturated rings. The van der Waals surface area contributed by atoms with E-state index in [0.717, 1.165) is 57.8 Å². The number of aryl methyl sites for hydroxylation is 3. The number of hydrogen-bond donors (Lipinski definition) is 1. The molecular formula is C24H27N5O2S. The fourth-order valence-electron chi connectivity index (χ4n) is 4.19. The zero-order valence-corrected chi connectivity index (χ0v) is 19.4. The SMILES string of the molecule is Cc1ccc(-n2nc(C)c3sc(N4CCC[C@H](C(=O)NCc5ccc(C)o5)C4)nc32)cc1. The van der Waals surface area contributed by atoms with Crippen molar-refractivity contribution in [3.63, 3.8) is 0 Å². The van der Waals surface area contributed by atoms with Gasteiger partial charge in [0.2, 0.25) is 5.91 Å². The number of thiazole rings is 1. The van der Waals surface area contributed by atoms with Gasteiger partial charge in [-0.2, -0.15) is 10.1 Å². The summed E-state index contributed by atoms with van der Waals surface area (Å²) in [5.41, 5.74) is 4.08. The summed E-state index contributed by atoms with van der Waals surface area (Å²) < 4.78 is 8.58. The van der Waals surface area contributed by atoms with Crippen molar-refractivity contribution in [3.05, 3.63) is 59.2 Å². The molecule has 32 heavy (non-hydrogen) atoms. The van der Waals surface area contributed by atoms with Crippen LogP contribution in [0.5, 0.6) is 0 Å². The molecule has 1 aromatic carbocycles. The zero-order valence-electron chi connectivity index (χ0n) is 18.6. The highest BCUT2D eigenvalue weighted by Gasteiger charge is 2.28. The summed E-state index contributed by atoms with van der Waals surface area (Å²) in [7, 11) is 0. The molecule has 0 bridgehead atoms. The summed E-state index contributed by atoms with van der Waals surface area (Å²) in [6.07, 6.45) is 1.86. The minimum atomic E-state index is -0.0542. The molecular weight excluding hydrogens is 422 g/mol. The third-order valence-electron chi connectivity index (χ3n) is 5.95. The topological polar surface area (TPSA) is 76.2 Å². The number of furan rings is 1. The van der Waals surface area contributed by atoms with Crippen LogP contribution in [-0.2, 0) is 11.3 Å². The smallest absolute Gasteiger partial charge is 0.225 e. The van der Waals surface area contributed by atoms with E-state index >= 15 is 0 Å². The van der Waals surface area contributed by atoms with Gasteiger partial charge in [0.25, 0.3) is 0 Å². The van der Waals surface area contributed by atoms with Crippen LogP contribution in [0.1, 0.15) is 35.6 Å². The Morgan fingerprint density at radius 2 is 2.00 bits per heavy atom. The van der Waals surface area contributed by atoms with E-state index in [1.807, 2.05) is 30.7 Å².